The zero-order valence-electron chi connectivity index (χ0n) is 16.4. The quantitative estimate of drug-likeness (QED) is 0.309. The van der Waals surface area contributed by atoms with Gasteiger partial charge in [-0.3, -0.25) is 19.3 Å². The van der Waals surface area contributed by atoms with Gasteiger partial charge < -0.3 is 4.74 Å². The highest BCUT2D eigenvalue weighted by Crippen LogP contribution is 2.53. The zero-order valence-corrected chi connectivity index (χ0v) is 17.1. The Morgan fingerprint density at radius 3 is 2.00 bits per heavy atom. The van der Waals surface area contributed by atoms with Crippen LogP contribution in [0.5, 0.6) is 0 Å². The number of fused-ring (bicyclic) bond motifs is 5. The molecular weight excluding hydrogens is 418 g/mol. The summed E-state index contributed by atoms with van der Waals surface area (Å²) in [6, 6.07) is 12.4. The number of rotatable bonds is 5. The third-order valence-electron chi connectivity index (χ3n) is 6.33. The van der Waals surface area contributed by atoms with E-state index in [2.05, 4.69) is 0 Å². The Kier molecular flexibility index (Phi) is 4.74. The summed E-state index contributed by atoms with van der Waals surface area (Å²) in [6.45, 7) is -0.398. The van der Waals surface area contributed by atoms with Crippen molar-refractivity contribution in [2.24, 2.45) is 23.7 Å². The largest absolute Gasteiger partial charge is 0.454 e. The number of ether oxygens (including phenoxy) is 1. The standard InChI is InChI=1S/C24H18ClNO5/c25-17-7-3-13(4-8-17)19(27)12-31-24(30)14-5-9-18(10-6-14)26-22(28)20-15-1-2-16(11-15)21(20)23(26)29/h1-10,15-16,20-21H,11-12H2/t15-,16+,20-,21+. The number of Topliss-reactive ketones (excluding diaryl/α,β-unsaturated/α-hetero) is 1. The van der Waals surface area contributed by atoms with E-state index < -0.39 is 12.6 Å². The number of hydrogen-bond donors (Lipinski definition) is 0. The highest BCUT2D eigenvalue weighted by atomic mass is 35.5. The predicted molar refractivity (Wildman–Crippen MR) is 113 cm³/mol. The number of nitrogens with zero attached hydrogens (tertiary/aromatic N) is 1. The van der Waals surface area contributed by atoms with Gasteiger partial charge in [-0.25, -0.2) is 4.79 Å². The molecule has 1 aliphatic heterocycles. The number of hydrogen-bond acceptors (Lipinski definition) is 5. The zero-order chi connectivity index (χ0) is 21.7. The third-order valence-corrected chi connectivity index (χ3v) is 6.58. The molecule has 4 atom stereocenters. The van der Waals surface area contributed by atoms with Crippen LogP contribution in [0.25, 0.3) is 0 Å². The molecule has 3 aliphatic rings. The van der Waals surface area contributed by atoms with E-state index in [1.807, 2.05) is 12.2 Å². The van der Waals surface area contributed by atoms with Gasteiger partial charge in [0, 0.05) is 10.6 Å². The first kappa shape index (κ1) is 19.7. The van der Waals surface area contributed by atoms with E-state index in [-0.39, 0.29) is 46.8 Å². The molecule has 7 heteroatoms. The summed E-state index contributed by atoms with van der Waals surface area (Å²) in [5.41, 5.74) is 1.07. The van der Waals surface area contributed by atoms with Gasteiger partial charge in [-0.15, -0.1) is 0 Å². The van der Waals surface area contributed by atoms with Gasteiger partial charge in [0.05, 0.1) is 23.1 Å². The Labute approximate surface area is 183 Å². The molecular formula is C24H18ClNO5. The minimum absolute atomic E-state index is 0.142. The fourth-order valence-electron chi connectivity index (χ4n) is 4.84. The minimum atomic E-state index is -0.660. The average Bonchev–Trinajstić information content (AvgIpc) is 3.46. The Morgan fingerprint density at radius 2 is 1.42 bits per heavy atom. The van der Waals surface area contributed by atoms with Gasteiger partial charge in [-0.05, 0) is 66.8 Å². The molecule has 2 bridgehead atoms. The number of ketones is 1. The van der Waals surface area contributed by atoms with E-state index in [0.717, 1.165) is 6.42 Å². The van der Waals surface area contributed by atoms with Crippen molar-refractivity contribution in [2.45, 2.75) is 6.42 Å². The lowest BCUT2D eigenvalue weighted by atomic mass is 9.85. The molecule has 156 valence electrons. The van der Waals surface area contributed by atoms with Crippen LogP contribution in [0.1, 0.15) is 27.1 Å². The molecule has 2 aromatic rings. The first-order chi connectivity index (χ1) is 14.9. The smallest absolute Gasteiger partial charge is 0.338 e. The van der Waals surface area contributed by atoms with E-state index in [0.29, 0.717) is 16.3 Å². The average molecular weight is 436 g/mol. The van der Waals surface area contributed by atoms with Crippen LogP contribution in [0.4, 0.5) is 5.69 Å². The molecule has 5 rings (SSSR count). The molecule has 1 saturated carbocycles. The van der Waals surface area contributed by atoms with Crippen LogP contribution in [-0.4, -0.2) is 30.2 Å². The number of esters is 1. The Bertz CT molecular complexity index is 1090. The van der Waals surface area contributed by atoms with Crippen LogP contribution in [0.3, 0.4) is 0 Å². The lowest BCUT2D eigenvalue weighted by molar-refractivity contribution is -0.123. The summed E-state index contributed by atoms with van der Waals surface area (Å²) in [6.07, 6.45) is 4.97. The Hall–Kier alpha value is -3.25. The summed E-state index contributed by atoms with van der Waals surface area (Å²) >= 11 is 5.80. The van der Waals surface area contributed by atoms with Crippen LogP contribution in [0, 0.1) is 23.7 Å². The van der Waals surface area contributed by atoms with Gasteiger partial charge >= 0.3 is 5.97 Å². The summed E-state index contributed by atoms with van der Waals surface area (Å²) in [7, 11) is 0. The molecule has 2 aliphatic carbocycles. The van der Waals surface area contributed by atoms with E-state index in [1.54, 1.807) is 36.4 Å². The highest BCUT2D eigenvalue weighted by molar-refractivity contribution is 6.30. The fraction of sp³-hybridized carbons (Fsp3) is 0.250. The molecule has 2 amide bonds. The van der Waals surface area contributed by atoms with Gasteiger partial charge in [0.2, 0.25) is 11.8 Å². The van der Waals surface area contributed by atoms with Crippen molar-refractivity contribution in [1.82, 2.24) is 0 Å². The SMILES string of the molecule is O=C(COC(=O)c1ccc(N2C(=O)[C@@H]3[C@H](C2=O)[C@@H]2C=C[C@H]3C2)cc1)c1ccc(Cl)cc1. The number of carbonyl (C=O) groups excluding carboxylic acids is 4. The number of amides is 2. The summed E-state index contributed by atoms with van der Waals surface area (Å²) in [4.78, 5) is 51.4. The van der Waals surface area contributed by atoms with Crippen LogP contribution >= 0.6 is 11.6 Å². The molecule has 6 nitrogen and oxygen atoms in total. The summed E-state index contributed by atoms with van der Waals surface area (Å²) in [5, 5.41) is 0.510. The second-order valence-corrected chi connectivity index (χ2v) is 8.50. The van der Waals surface area contributed by atoms with Crippen molar-refractivity contribution in [2.75, 3.05) is 11.5 Å². The first-order valence-electron chi connectivity index (χ1n) is 10.1. The van der Waals surface area contributed by atoms with E-state index >= 15 is 0 Å². The molecule has 0 radical (unpaired) electrons. The normalized spacial score (nSPS) is 25.8. The number of anilines is 1. The maximum atomic E-state index is 12.9. The number of halogens is 1. The minimum Gasteiger partial charge on any atom is -0.454 e. The molecule has 2 aromatic carbocycles. The number of carbonyl (C=O) groups is 4. The molecule has 31 heavy (non-hydrogen) atoms. The highest BCUT2D eigenvalue weighted by Gasteiger charge is 2.59. The van der Waals surface area contributed by atoms with Crippen LogP contribution < -0.4 is 4.90 Å². The fourth-order valence-corrected chi connectivity index (χ4v) is 4.96. The van der Waals surface area contributed by atoms with Crippen molar-refractivity contribution in [3.63, 3.8) is 0 Å². The van der Waals surface area contributed by atoms with Gasteiger partial charge in [-0.1, -0.05) is 23.8 Å². The lowest BCUT2D eigenvalue weighted by Crippen LogP contribution is -2.32. The van der Waals surface area contributed by atoms with Crippen molar-refractivity contribution in [1.29, 1.82) is 0 Å². The van der Waals surface area contributed by atoms with Gasteiger partial charge in [0.25, 0.3) is 0 Å². The van der Waals surface area contributed by atoms with Crippen LogP contribution in [0.2, 0.25) is 5.02 Å². The second kappa shape index (κ2) is 7.46. The van der Waals surface area contributed by atoms with Gasteiger partial charge in [-0.2, -0.15) is 0 Å². The maximum Gasteiger partial charge on any atom is 0.338 e. The van der Waals surface area contributed by atoms with E-state index in [4.69, 9.17) is 16.3 Å². The summed E-state index contributed by atoms with van der Waals surface area (Å²) in [5.74, 6) is -1.60. The van der Waals surface area contributed by atoms with Crippen LogP contribution in [-0.2, 0) is 14.3 Å². The summed E-state index contributed by atoms with van der Waals surface area (Å²) < 4.78 is 5.10. The number of imide groups is 1. The van der Waals surface area contributed by atoms with Gasteiger partial charge in [0.1, 0.15) is 0 Å². The molecule has 1 saturated heterocycles. The molecule has 0 N–H and O–H groups in total. The Balaban J connectivity index is 1.24. The second-order valence-electron chi connectivity index (χ2n) is 8.06. The predicted octanol–water partition coefficient (Wildman–Crippen LogP) is 3.69. The maximum absolute atomic E-state index is 12.9. The molecule has 2 fully saturated rings. The molecule has 1 heterocycles. The van der Waals surface area contributed by atoms with Gasteiger partial charge in [0.15, 0.2) is 12.4 Å². The topological polar surface area (TPSA) is 80.8 Å². The first-order valence-corrected chi connectivity index (χ1v) is 10.4. The molecule has 0 aromatic heterocycles. The van der Waals surface area contributed by atoms with Crippen molar-refractivity contribution < 1.29 is 23.9 Å². The number of allylic oxidation sites excluding steroid dienone is 2. The number of benzene rings is 2. The molecule has 0 unspecified atom stereocenters. The monoisotopic (exact) mass is 435 g/mol. The van der Waals surface area contributed by atoms with Crippen molar-refractivity contribution in [3.05, 3.63) is 76.8 Å². The molecule has 0 spiro atoms. The lowest BCUT2D eigenvalue weighted by Gasteiger charge is -2.17. The van der Waals surface area contributed by atoms with Crippen LogP contribution in [0.15, 0.2) is 60.7 Å². The van der Waals surface area contributed by atoms with Crippen molar-refractivity contribution >= 4 is 40.9 Å². The van der Waals surface area contributed by atoms with Crippen molar-refractivity contribution in [3.8, 4) is 0 Å². The van der Waals surface area contributed by atoms with E-state index in [1.165, 1.54) is 17.0 Å². The third kappa shape index (κ3) is 3.27. The van der Waals surface area contributed by atoms with E-state index in [9.17, 15) is 19.2 Å². The Morgan fingerprint density at radius 1 is 0.871 bits per heavy atom.